The summed E-state index contributed by atoms with van der Waals surface area (Å²) in [6, 6.07) is 8.38. The van der Waals surface area contributed by atoms with Crippen molar-refractivity contribution in [2.24, 2.45) is 0 Å². The van der Waals surface area contributed by atoms with Gasteiger partial charge in [0.2, 0.25) is 0 Å². The van der Waals surface area contributed by atoms with Crippen LogP contribution in [0.25, 0.3) is 0 Å². The minimum absolute atomic E-state index is 0.0144. The Morgan fingerprint density at radius 2 is 2.21 bits per heavy atom. The summed E-state index contributed by atoms with van der Waals surface area (Å²) in [5.74, 6) is -0.743. The van der Waals surface area contributed by atoms with Gasteiger partial charge in [0.25, 0.3) is 0 Å². The Kier molecular flexibility index (Phi) is 4.47. The first-order chi connectivity index (χ1) is 8.97. The normalized spacial score (nSPS) is 24.5. The third kappa shape index (κ3) is 3.48. The van der Waals surface area contributed by atoms with Crippen molar-refractivity contribution in [3.8, 4) is 0 Å². The minimum atomic E-state index is -0.743. The summed E-state index contributed by atoms with van der Waals surface area (Å²) in [5, 5.41) is 9.10. The second-order valence-electron chi connectivity index (χ2n) is 5.21. The average molecular weight is 327 g/mol. The molecule has 4 nitrogen and oxygen atoms in total. The van der Waals surface area contributed by atoms with E-state index in [1.807, 2.05) is 25.2 Å². The zero-order chi connectivity index (χ0) is 14.0. The second-order valence-corrected chi connectivity index (χ2v) is 6.12. The van der Waals surface area contributed by atoms with Crippen molar-refractivity contribution in [1.82, 2.24) is 4.90 Å². The Morgan fingerprint density at radius 1 is 1.47 bits per heavy atom. The van der Waals surface area contributed by atoms with Gasteiger partial charge in [-0.25, -0.2) is 0 Å². The molecule has 19 heavy (non-hydrogen) atoms. The van der Waals surface area contributed by atoms with Gasteiger partial charge in [0, 0.05) is 29.3 Å². The van der Waals surface area contributed by atoms with E-state index in [9.17, 15) is 4.79 Å². The number of carbonyl (C=O) groups is 1. The molecule has 1 N–H and O–H groups in total. The molecule has 0 bridgehead atoms. The molecule has 0 amide bonds. The van der Waals surface area contributed by atoms with Crippen LogP contribution >= 0.6 is 15.9 Å². The zero-order valence-corrected chi connectivity index (χ0v) is 12.8. The number of hydrogen-bond acceptors (Lipinski definition) is 3. The highest BCUT2D eigenvalue weighted by atomic mass is 79.9. The van der Waals surface area contributed by atoms with Crippen molar-refractivity contribution in [3.63, 3.8) is 0 Å². The van der Waals surface area contributed by atoms with Crippen molar-refractivity contribution < 1.29 is 9.90 Å². The van der Waals surface area contributed by atoms with E-state index in [4.69, 9.17) is 5.11 Å². The summed E-state index contributed by atoms with van der Waals surface area (Å²) in [4.78, 5) is 15.5. The maximum Gasteiger partial charge on any atom is 0.305 e. The van der Waals surface area contributed by atoms with Crippen LogP contribution in [0.3, 0.4) is 0 Å². The van der Waals surface area contributed by atoms with Crippen molar-refractivity contribution in [1.29, 1.82) is 0 Å². The number of halogens is 1. The Hall–Kier alpha value is -1.07. The Bertz CT molecular complexity index is 467. The summed E-state index contributed by atoms with van der Waals surface area (Å²) in [6.45, 7) is 3.87. The number of likely N-dealkylation sites (N-methyl/N-ethyl adjacent to an activating group) is 1. The smallest absolute Gasteiger partial charge is 0.305 e. The van der Waals surface area contributed by atoms with Gasteiger partial charge in [-0.05, 0) is 32.2 Å². The van der Waals surface area contributed by atoms with Crippen LogP contribution in [-0.2, 0) is 4.79 Å². The number of carboxylic acids is 1. The van der Waals surface area contributed by atoms with Gasteiger partial charge in [-0.15, -0.1) is 0 Å². The van der Waals surface area contributed by atoms with Crippen LogP contribution in [0.1, 0.15) is 13.3 Å². The van der Waals surface area contributed by atoms with Gasteiger partial charge in [0.05, 0.1) is 12.5 Å². The van der Waals surface area contributed by atoms with Gasteiger partial charge in [0.1, 0.15) is 0 Å². The van der Waals surface area contributed by atoms with E-state index in [1.165, 1.54) is 0 Å². The molecule has 0 aliphatic carbocycles. The van der Waals surface area contributed by atoms with Crippen LogP contribution in [-0.4, -0.2) is 48.2 Å². The van der Waals surface area contributed by atoms with Crippen molar-refractivity contribution >= 4 is 27.6 Å². The molecule has 0 saturated carbocycles. The predicted octanol–water partition coefficient (Wildman–Crippen LogP) is 2.43. The number of rotatable bonds is 3. The molecule has 5 heteroatoms. The first kappa shape index (κ1) is 14.3. The highest BCUT2D eigenvalue weighted by Crippen LogP contribution is 2.28. The fourth-order valence-electron chi connectivity index (χ4n) is 2.89. The third-order valence-corrected chi connectivity index (χ3v) is 3.98. The van der Waals surface area contributed by atoms with Crippen LogP contribution in [0.15, 0.2) is 28.7 Å². The highest BCUT2D eigenvalue weighted by Gasteiger charge is 2.32. The number of carboxylic acid groups (broad SMARTS) is 1. The lowest BCUT2D eigenvalue weighted by molar-refractivity contribution is -0.137. The molecule has 2 atom stereocenters. The van der Waals surface area contributed by atoms with Crippen LogP contribution in [0, 0.1) is 0 Å². The molecule has 1 heterocycles. The van der Waals surface area contributed by atoms with E-state index >= 15 is 0 Å². The number of benzene rings is 1. The van der Waals surface area contributed by atoms with Gasteiger partial charge in [0.15, 0.2) is 0 Å². The lowest BCUT2D eigenvalue weighted by atomic mass is 10.0. The van der Waals surface area contributed by atoms with E-state index < -0.39 is 5.97 Å². The SMILES string of the molecule is CC1CN(C)CC(CC(=O)O)N1c1cccc(Br)c1. The van der Waals surface area contributed by atoms with Crippen LogP contribution in [0.2, 0.25) is 0 Å². The molecular weight excluding hydrogens is 308 g/mol. The highest BCUT2D eigenvalue weighted by molar-refractivity contribution is 9.10. The fraction of sp³-hybridized carbons (Fsp3) is 0.500. The van der Waals surface area contributed by atoms with Crippen LogP contribution < -0.4 is 4.90 Å². The van der Waals surface area contributed by atoms with Crippen molar-refractivity contribution in [2.45, 2.75) is 25.4 Å². The summed E-state index contributed by atoms with van der Waals surface area (Å²) >= 11 is 3.48. The van der Waals surface area contributed by atoms with E-state index in [0.29, 0.717) is 6.04 Å². The van der Waals surface area contributed by atoms with Gasteiger partial charge in [-0.3, -0.25) is 4.79 Å². The predicted molar refractivity (Wildman–Crippen MR) is 79.6 cm³/mol. The van der Waals surface area contributed by atoms with E-state index in [-0.39, 0.29) is 12.5 Å². The molecule has 1 aromatic carbocycles. The third-order valence-electron chi connectivity index (χ3n) is 3.48. The minimum Gasteiger partial charge on any atom is -0.481 e. The number of hydrogen-bond donors (Lipinski definition) is 1. The van der Waals surface area contributed by atoms with Gasteiger partial charge in [-0.1, -0.05) is 22.0 Å². The van der Waals surface area contributed by atoms with Gasteiger partial charge < -0.3 is 14.9 Å². The second kappa shape index (κ2) is 5.92. The first-order valence-electron chi connectivity index (χ1n) is 6.41. The summed E-state index contributed by atoms with van der Waals surface area (Å²) in [6.07, 6.45) is 0.168. The number of anilines is 1. The van der Waals surface area contributed by atoms with E-state index in [1.54, 1.807) is 0 Å². The molecule has 104 valence electrons. The van der Waals surface area contributed by atoms with Crippen molar-refractivity contribution in [3.05, 3.63) is 28.7 Å². The van der Waals surface area contributed by atoms with E-state index in [2.05, 4.69) is 38.7 Å². The maximum atomic E-state index is 11.1. The van der Waals surface area contributed by atoms with Gasteiger partial charge in [-0.2, -0.15) is 0 Å². The number of aliphatic carboxylic acids is 1. The Labute approximate surface area is 122 Å². The molecule has 2 rings (SSSR count). The molecule has 1 aliphatic heterocycles. The van der Waals surface area contributed by atoms with Gasteiger partial charge >= 0.3 is 5.97 Å². The largest absolute Gasteiger partial charge is 0.481 e. The number of piperazine rings is 1. The molecule has 1 aromatic rings. The molecule has 1 saturated heterocycles. The van der Waals surface area contributed by atoms with Crippen molar-refractivity contribution in [2.75, 3.05) is 25.0 Å². The quantitative estimate of drug-likeness (QED) is 0.926. The van der Waals surface area contributed by atoms with Crippen LogP contribution in [0.4, 0.5) is 5.69 Å². The number of nitrogens with zero attached hydrogens (tertiary/aromatic N) is 2. The zero-order valence-electron chi connectivity index (χ0n) is 11.2. The fourth-order valence-corrected chi connectivity index (χ4v) is 3.27. The molecule has 1 aliphatic rings. The van der Waals surface area contributed by atoms with Crippen LogP contribution in [0.5, 0.6) is 0 Å². The Morgan fingerprint density at radius 3 is 2.84 bits per heavy atom. The monoisotopic (exact) mass is 326 g/mol. The molecule has 1 fully saturated rings. The average Bonchev–Trinajstić information content (AvgIpc) is 2.26. The summed E-state index contributed by atoms with van der Waals surface area (Å²) < 4.78 is 1.02. The molecular formula is C14H19BrN2O2. The lowest BCUT2D eigenvalue weighted by Gasteiger charge is -2.45. The topological polar surface area (TPSA) is 43.8 Å². The molecule has 2 unspecified atom stereocenters. The maximum absolute atomic E-state index is 11.1. The lowest BCUT2D eigenvalue weighted by Crippen LogP contribution is -2.57. The van der Waals surface area contributed by atoms with E-state index in [0.717, 1.165) is 23.2 Å². The first-order valence-corrected chi connectivity index (χ1v) is 7.21. The molecule has 0 radical (unpaired) electrons. The summed E-state index contributed by atoms with van der Waals surface area (Å²) in [7, 11) is 2.05. The Balaban J connectivity index is 2.29. The summed E-state index contributed by atoms with van der Waals surface area (Å²) in [5.41, 5.74) is 1.08. The standard InChI is InChI=1S/C14H19BrN2O2/c1-10-8-16(2)9-13(7-14(18)19)17(10)12-5-3-4-11(15)6-12/h3-6,10,13H,7-9H2,1-2H3,(H,18,19). The molecule has 0 spiro atoms. The molecule has 0 aromatic heterocycles.